The first-order valence-electron chi connectivity index (χ1n) is 6.36. The molecule has 0 atom stereocenters. The predicted molar refractivity (Wildman–Crippen MR) is 89.5 cm³/mol. The summed E-state index contributed by atoms with van der Waals surface area (Å²) in [5.41, 5.74) is 6.56. The van der Waals surface area contributed by atoms with Gasteiger partial charge >= 0.3 is 0 Å². The van der Waals surface area contributed by atoms with Crippen molar-refractivity contribution in [1.29, 1.82) is 0 Å². The number of hydrogen-bond donors (Lipinski definition) is 4. The summed E-state index contributed by atoms with van der Waals surface area (Å²) < 4.78 is 62.5. The van der Waals surface area contributed by atoms with E-state index in [2.05, 4.69) is 10.9 Å². The second kappa shape index (κ2) is 6.57. The van der Waals surface area contributed by atoms with E-state index in [0.717, 1.165) is 12.1 Å². The van der Waals surface area contributed by atoms with Crippen LogP contribution in [0.3, 0.4) is 0 Å². The van der Waals surface area contributed by atoms with Crippen LogP contribution in [0.5, 0.6) is 0 Å². The van der Waals surface area contributed by atoms with Gasteiger partial charge in [-0.05, 0) is 48.9 Å². The Balaban J connectivity index is 2.26. The molecule has 0 unspecified atom stereocenters. The number of anilines is 2. The Labute approximate surface area is 143 Å². The van der Waals surface area contributed by atoms with Gasteiger partial charge in [0, 0.05) is 0 Å². The van der Waals surface area contributed by atoms with Gasteiger partial charge in [0.05, 0.1) is 26.2 Å². The molecule has 0 aliphatic carbocycles. The van der Waals surface area contributed by atoms with Crippen LogP contribution in [0.25, 0.3) is 0 Å². The molecule has 2 aromatic carbocycles. The molecule has 11 heteroatoms. The van der Waals surface area contributed by atoms with E-state index >= 15 is 0 Å². The van der Waals surface area contributed by atoms with Gasteiger partial charge in [-0.3, -0.25) is 14.5 Å². The Hall–Kier alpha value is -1.85. The van der Waals surface area contributed by atoms with Gasteiger partial charge in [-0.15, -0.1) is 0 Å². The van der Waals surface area contributed by atoms with Gasteiger partial charge in [0.2, 0.25) is 0 Å². The minimum Gasteiger partial charge on any atom is -0.301 e. The molecule has 24 heavy (non-hydrogen) atoms. The van der Waals surface area contributed by atoms with Crippen LogP contribution >= 0.6 is 11.6 Å². The normalized spacial score (nSPS) is 12.0. The zero-order chi connectivity index (χ0) is 18.1. The fourth-order valence-corrected chi connectivity index (χ4v) is 3.07. The van der Waals surface area contributed by atoms with Crippen molar-refractivity contribution in [2.24, 2.45) is 0 Å². The maximum absolute atomic E-state index is 11.1. The fourth-order valence-electron chi connectivity index (χ4n) is 1.83. The van der Waals surface area contributed by atoms with Crippen molar-refractivity contribution in [3.63, 3.8) is 0 Å². The molecule has 0 amide bonds. The standard InChI is InChI=1S/C13H13ClN2O6S2/c1-8-6-9(23(17,18)19)3-5-12(8)15-16-13-7-10(24(20,21)22)2-4-11(13)14/h2-7,15-16H,1H3,(H,17,18,19)(H,20,21,22). The summed E-state index contributed by atoms with van der Waals surface area (Å²) in [7, 11) is -8.68. The van der Waals surface area contributed by atoms with Gasteiger partial charge in [-0.2, -0.15) is 16.8 Å². The Bertz CT molecular complexity index is 990. The second-order valence-corrected chi connectivity index (χ2v) is 8.07. The highest BCUT2D eigenvalue weighted by molar-refractivity contribution is 7.86. The van der Waals surface area contributed by atoms with Gasteiger partial charge in [-0.1, -0.05) is 11.6 Å². The quantitative estimate of drug-likeness (QED) is 0.450. The van der Waals surface area contributed by atoms with Crippen LogP contribution in [0.1, 0.15) is 5.56 Å². The highest BCUT2D eigenvalue weighted by atomic mass is 35.5. The lowest BCUT2D eigenvalue weighted by Gasteiger charge is -2.14. The summed E-state index contributed by atoms with van der Waals surface area (Å²) >= 11 is 5.95. The van der Waals surface area contributed by atoms with Crippen LogP contribution in [0.2, 0.25) is 5.02 Å². The van der Waals surface area contributed by atoms with Crippen molar-refractivity contribution in [1.82, 2.24) is 0 Å². The number of benzene rings is 2. The Kier molecular flexibility index (Phi) is 5.06. The van der Waals surface area contributed by atoms with E-state index in [9.17, 15) is 16.8 Å². The molecule has 0 saturated heterocycles. The van der Waals surface area contributed by atoms with Crippen molar-refractivity contribution in [2.45, 2.75) is 16.7 Å². The number of aryl methyl sites for hydroxylation is 1. The minimum atomic E-state index is -4.38. The molecule has 0 heterocycles. The van der Waals surface area contributed by atoms with E-state index in [1.54, 1.807) is 6.92 Å². The number of halogens is 1. The molecule has 4 N–H and O–H groups in total. The molecule has 0 radical (unpaired) electrons. The van der Waals surface area contributed by atoms with Crippen molar-refractivity contribution >= 4 is 43.2 Å². The van der Waals surface area contributed by atoms with Crippen LogP contribution in [0.4, 0.5) is 11.4 Å². The van der Waals surface area contributed by atoms with E-state index in [1.165, 1.54) is 24.3 Å². The van der Waals surface area contributed by atoms with E-state index < -0.39 is 20.2 Å². The smallest absolute Gasteiger partial charge is 0.294 e. The van der Waals surface area contributed by atoms with Crippen molar-refractivity contribution in [3.8, 4) is 0 Å². The number of rotatable bonds is 5. The highest BCUT2D eigenvalue weighted by Crippen LogP contribution is 2.26. The van der Waals surface area contributed by atoms with Crippen LogP contribution in [0.15, 0.2) is 46.2 Å². The van der Waals surface area contributed by atoms with Gasteiger partial charge in [-0.25, -0.2) is 0 Å². The van der Waals surface area contributed by atoms with Crippen LogP contribution in [-0.4, -0.2) is 25.9 Å². The lowest BCUT2D eigenvalue weighted by atomic mass is 10.2. The van der Waals surface area contributed by atoms with Crippen molar-refractivity contribution in [3.05, 3.63) is 47.0 Å². The van der Waals surface area contributed by atoms with Gasteiger partial charge in [0.25, 0.3) is 20.2 Å². The lowest BCUT2D eigenvalue weighted by molar-refractivity contribution is 0.481. The van der Waals surface area contributed by atoms with Crippen LogP contribution in [-0.2, 0) is 20.2 Å². The molecule has 0 spiro atoms. The number of hydrogen-bond acceptors (Lipinski definition) is 6. The molecule has 0 fully saturated rings. The molecule has 0 bridgehead atoms. The van der Waals surface area contributed by atoms with Crippen LogP contribution < -0.4 is 10.9 Å². The second-order valence-electron chi connectivity index (χ2n) is 4.82. The maximum atomic E-state index is 11.1. The molecular formula is C13H13ClN2O6S2. The monoisotopic (exact) mass is 392 g/mol. The van der Waals surface area contributed by atoms with E-state index in [4.69, 9.17) is 20.7 Å². The molecule has 0 saturated carbocycles. The molecule has 0 aromatic heterocycles. The summed E-state index contributed by atoms with van der Waals surface area (Å²) in [6.45, 7) is 1.61. The first-order chi connectivity index (χ1) is 11.0. The molecule has 8 nitrogen and oxygen atoms in total. The third-order valence-corrected chi connectivity index (χ3v) is 5.09. The largest absolute Gasteiger partial charge is 0.301 e. The summed E-state index contributed by atoms with van der Waals surface area (Å²) in [5.74, 6) is 0. The molecule has 2 rings (SSSR count). The SMILES string of the molecule is Cc1cc(S(=O)(=O)O)ccc1NNc1cc(S(=O)(=O)O)ccc1Cl. The third kappa shape index (κ3) is 4.36. The predicted octanol–water partition coefficient (Wildman–Crippen LogP) is 2.58. The van der Waals surface area contributed by atoms with E-state index in [-0.39, 0.29) is 20.5 Å². The first kappa shape index (κ1) is 18.5. The fraction of sp³-hybridized carbons (Fsp3) is 0.0769. The molecule has 2 aromatic rings. The molecule has 0 aliphatic rings. The molecule has 130 valence electrons. The lowest BCUT2D eigenvalue weighted by Crippen LogP contribution is -2.11. The maximum Gasteiger partial charge on any atom is 0.294 e. The van der Waals surface area contributed by atoms with Crippen molar-refractivity contribution in [2.75, 3.05) is 10.9 Å². The first-order valence-corrected chi connectivity index (χ1v) is 9.61. The molecular weight excluding hydrogens is 380 g/mol. The number of nitrogens with one attached hydrogen (secondary N) is 2. The van der Waals surface area contributed by atoms with Gasteiger partial charge in [0.15, 0.2) is 0 Å². The Morgan fingerprint density at radius 2 is 1.33 bits per heavy atom. The van der Waals surface area contributed by atoms with E-state index in [0.29, 0.717) is 11.3 Å². The van der Waals surface area contributed by atoms with Gasteiger partial charge < -0.3 is 5.43 Å². The average molecular weight is 393 g/mol. The Morgan fingerprint density at radius 3 is 1.88 bits per heavy atom. The third-order valence-electron chi connectivity index (χ3n) is 3.06. The summed E-state index contributed by atoms with van der Waals surface area (Å²) in [4.78, 5) is -0.591. The van der Waals surface area contributed by atoms with E-state index in [1.807, 2.05) is 0 Å². The minimum absolute atomic E-state index is 0.185. The average Bonchev–Trinajstić information content (AvgIpc) is 2.45. The zero-order valence-electron chi connectivity index (χ0n) is 12.2. The number of hydrazine groups is 1. The summed E-state index contributed by atoms with van der Waals surface area (Å²) in [5, 5.41) is 0.196. The zero-order valence-corrected chi connectivity index (χ0v) is 14.6. The Morgan fingerprint density at radius 1 is 0.833 bits per heavy atom. The van der Waals surface area contributed by atoms with Crippen LogP contribution in [0, 0.1) is 6.92 Å². The summed E-state index contributed by atoms with van der Waals surface area (Å²) in [6, 6.07) is 7.44. The van der Waals surface area contributed by atoms with Gasteiger partial charge in [0.1, 0.15) is 0 Å². The highest BCUT2D eigenvalue weighted by Gasteiger charge is 2.13. The molecule has 0 aliphatic heterocycles. The summed E-state index contributed by atoms with van der Waals surface area (Å²) in [6.07, 6.45) is 0. The topological polar surface area (TPSA) is 133 Å². The van der Waals surface area contributed by atoms with Crippen molar-refractivity contribution < 1.29 is 25.9 Å².